The summed E-state index contributed by atoms with van der Waals surface area (Å²) in [5.41, 5.74) is 0. The van der Waals surface area contributed by atoms with Gasteiger partial charge in [-0.1, -0.05) is 6.42 Å². The molecule has 1 atom stereocenters. The summed E-state index contributed by atoms with van der Waals surface area (Å²) in [5.74, 6) is 0. The molecule has 12 heavy (non-hydrogen) atoms. The van der Waals surface area contributed by atoms with Crippen LogP contribution in [0.5, 0.6) is 0 Å². The zero-order valence-corrected chi connectivity index (χ0v) is 9.83. The molecule has 0 aliphatic rings. The van der Waals surface area contributed by atoms with Crippen molar-refractivity contribution in [1.29, 1.82) is 0 Å². The van der Waals surface area contributed by atoms with E-state index in [9.17, 15) is 4.57 Å². The quantitative estimate of drug-likeness (QED) is 0.365. The van der Waals surface area contributed by atoms with Crippen molar-refractivity contribution in [2.45, 2.75) is 25.8 Å². The molecule has 0 aliphatic carbocycles. The van der Waals surface area contributed by atoms with Crippen molar-refractivity contribution in [3.63, 3.8) is 0 Å². The predicted molar refractivity (Wildman–Crippen MR) is 51.4 cm³/mol. The van der Waals surface area contributed by atoms with E-state index in [-0.39, 0.29) is 9.76 Å². The second-order valence-corrected chi connectivity index (χ2v) is 4.72. The van der Waals surface area contributed by atoms with E-state index in [0.29, 0.717) is 6.61 Å². The fourth-order valence-electron chi connectivity index (χ4n) is 0.787. The van der Waals surface area contributed by atoms with E-state index in [1.165, 1.54) is 0 Å². The van der Waals surface area contributed by atoms with Gasteiger partial charge in [0.05, 0.1) is 6.61 Å². The maximum Gasteiger partial charge on any atom is 0.316 e. The summed E-state index contributed by atoms with van der Waals surface area (Å²) < 4.78 is 19.9. The summed E-state index contributed by atoms with van der Waals surface area (Å²) in [7, 11) is -3.03. The van der Waals surface area contributed by atoms with E-state index in [4.69, 9.17) is 9.32 Å². The zero-order chi connectivity index (χ0) is 9.23. The second-order valence-electron chi connectivity index (χ2n) is 2.37. The van der Waals surface area contributed by atoms with E-state index in [1.54, 1.807) is 0 Å². The molecule has 4 nitrogen and oxygen atoms in total. The molecule has 0 saturated heterocycles. The molecule has 0 aliphatic heterocycles. The summed E-state index contributed by atoms with van der Waals surface area (Å²) in [4.78, 5) is 8.30. The molecular weight excluding hydrogens is 195 g/mol. The van der Waals surface area contributed by atoms with Gasteiger partial charge in [-0.05, 0) is 19.4 Å². The lowest BCUT2D eigenvalue weighted by atomic mass is 10.4. The molecule has 0 heterocycles. The van der Waals surface area contributed by atoms with Crippen LogP contribution in [0.4, 0.5) is 0 Å². The van der Waals surface area contributed by atoms with E-state index in [0.717, 1.165) is 25.5 Å². The number of hydrogen-bond donors (Lipinski definition) is 1. The van der Waals surface area contributed by atoms with Crippen LogP contribution in [0.15, 0.2) is 0 Å². The lowest BCUT2D eigenvalue weighted by molar-refractivity contribution is 0.276. The highest BCUT2D eigenvalue weighted by atomic mass is 31.1. The first-order valence-electron chi connectivity index (χ1n) is 4.20. The topological polar surface area (TPSA) is 55.8 Å². The lowest BCUT2D eigenvalue weighted by Gasteiger charge is -2.00. The molecule has 1 unspecified atom stereocenters. The molecule has 0 aromatic heterocycles. The Bertz CT molecular complexity index is 122. The van der Waals surface area contributed by atoms with E-state index in [2.05, 4.69) is 4.52 Å². The van der Waals surface area contributed by atoms with E-state index < -0.39 is 8.25 Å². The summed E-state index contributed by atoms with van der Waals surface area (Å²) in [6, 6.07) is 1.13. The SMILES string of the molecule is CCO[SiH2]CCCCO[PH](=O)O. The Balaban J connectivity index is 2.86. The predicted octanol–water partition coefficient (Wildman–Crippen LogP) is 0.704. The van der Waals surface area contributed by atoms with Crippen molar-refractivity contribution in [2.75, 3.05) is 13.2 Å². The molecule has 0 aromatic rings. The Labute approximate surface area is 76.2 Å². The number of unbranched alkanes of at least 4 members (excludes halogenated alkanes) is 1. The Morgan fingerprint density at radius 2 is 2.25 bits per heavy atom. The minimum atomic E-state index is -2.70. The van der Waals surface area contributed by atoms with Gasteiger partial charge in [0.1, 0.15) is 0 Å². The van der Waals surface area contributed by atoms with Gasteiger partial charge in [-0.3, -0.25) is 4.57 Å². The molecule has 0 radical (unpaired) electrons. The molecule has 0 bridgehead atoms. The Morgan fingerprint density at radius 1 is 1.50 bits per heavy atom. The fraction of sp³-hybridized carbons (Fsp3) is 1.00. The number of hydrogen-bond acceptors (Lipinski definition) is 3. The zero-order valence-electron chi connectivity index (χ0n) is 7.41. The van der Waals surface area contributed by atoms with Crippen molar-refractivity contribution in [2.24, 2.45) is 0 Å². The molecular formula is C6H17O4PSi. The summed E-state index contributed by atoms with van der Waals surface area (Å²) in [5, 5.41) is 0. The van der Waals surface area contributed by atoms with Gasteiger partial charge in [-0.25, -0.2) is 0 Å². The van der Waals surface area contributed by atoms with Crippen LogP contribution in [0.25, 0.3) is 0 Å². The van der Waals surface area contributed by atoms with Gasteiger partial charge in [-0.2, -0.15) is 0 Å². The van der Waals surface area contributed by atoms with Gasteiger partial charge in [-0.15, -0.1) is 0 Å². The summed E-state index contributed by atoms with van der Waals surface area (Å²) in [6.45, 7) is 3.20. The maximum absolute atomic E-state index is 10.1. The molecule has 0 aromatic carbocycles. The molecule has 1 N–H and O–H groups in total. The third-order valence-corrected chi connectivity index (χ3v) is 3.30. The smallest absolute Gasteiger partial charge is 0.316 e. The molecule has 0 fully saturated rings. The van der Waals surface area contributed by atoms with Crippen LogP contribution >= 0.6 is 8.25 Å². The summed E-state index contributed by atoms with van der Waals surface area (Å²) >= 11 is 0. The van der Waals surface area contributed by atoms with Crippen LogP contribution in [-0.4, -0.2) is 27.9 Å². The average molecular weight is 212 g/mol. The second kappa shape index (κ2) is 9.42. The van der Waals surface area contributed by atoms with E-state index in [1.807, 2.05) is 6.92 Å². The fourth-order valence-corrected chi connectivity index (χ4v) is 2.16. The van der Waals surface area contributed by atoms with Crippen molar-refractivity contribution in [3.8, 4) is 0 Å². The van der Waals surface area contributed by atoms with Crippen LogP contribution in [-0.2, 0) is 13.5 Å². The Kier molecular flexibility index (Phi) is 9.67. The van der Waals surface area contributed by atoms with Gasteiger partial charge in [0.15, 0.2) is 9.76 Å². The monoisotopic (exact) mass is 212 g/mol. The van der Waals surface area contributed by atoms with Crippen LogP contribution < -0.4 is 0 Å². The Hall–Kier alpha value is 0.327. The van der Waals surface area contributed by atoms with Crippen molar-refractivity contribution >= 4 is 18.0 Å². The van der Waals surface area contributed by atoms with Crippen LogP contribution in [0.3, 0.4) is 0 Å². The van der Waals surface area contributed by atoms with Gasteiger partial charge in [0.25, 0.3) is 0 Å². The lowest BCUT2D eigenvalue weighted by Crippen LogP contribution is -1.97. The molecule has 74 valence electrons. The van der Waals surface area contributed by atoms with E-state index >= 15 is 0 Å². The van der Waals surface area contributed by atoms with Gasteiger partial charge in [0.2, 0.25) is 0 Å². The molecule has 0 spiro atoms. The highest BCUT2D eigenvalue weighted by Gasteiger charge is 1.93. The average Bonchev–Trinajstić information content (AvgIpc) is 2.02. The van der Waals surface area contributed by atoms with Crippen LogP contribution in [0.2, 0.25) is 6.04 Å². The van der Waals surface area contributed by atoms with Crippen molar-refractivity contribution < 1.29 is 18.4 Å². The minimum absolute atomic E-state index is 0.324. The normalized spacial score (nSPS) is 14.2. The van der Waals surface area contributed by atoms with Gasteiger partial charge >= 0.3 is 8.25 Å². The van der Waals surface area contributed by atoms with Crippen molar-refractivity contribution in [3.05, 3.63) is 0 Å². The summed E-state index contributed by atoms with van der Waals surface area (Å²) in [6.07, 6.45) is 1.90. The highest BCUT2D eigenvalue weighted by molar-refractivity contribution is 7.32. The van der Waals surface area contributed by atoms with Crippen LogP contribution in [0.1, 0.15) is 19.8 Å². The molecule has 0 saturated carbocycles. The third kappa shape index (κ3) is 10.3. The van der Waals surface area contributed by atoms with Gasteiger partial charge < -0.3 is 13.8 Å². The first kappa shape index (κ1) is 12.3. The number of rotatable bonds is 8. The van der Waals surface area contributed by atoms with Crippen LogP contribution in [0, 0.1) is 0 Å². The third-order valence-electron chi connectivity index (χ3n) is 1.36. The molecule has 0 amide bonds. The molecule has 0 rings (SSSR count). The largest absolute Gasteiger partial charge is 0.424 e. The standard InChI is InChI=1S/C6H17O4PSi/c1-2-10-12-6-4-3-5-9-11(7)8/h11H,2-6,12H2,1H3,(H,7,8). The highest BCUT2D eigenvalue weighted by Crippen LogP contribution is 2.14. The minimum Gasteiger partial charge on any atom is -0.424 e. The van der Waals surface area contributed by atoms with Gasteiger partial charge in [0, 0.05) is 6.61 Å². The Morgan fingerprint density at radius 3 is 2.83 bits per heavy atom. The first-order valence-corrected chi connectivity index (χ1v) is 7.05. The molecule has 6 heteroatoms. The van der Waals surface area contributed by atoms with Crippen molar-refractivity contribution in [1.82, 2.24) is 0 Å². The first-order chi connectivity index (χ1) is 5.77. The maximum atomic E-state index is 10.1.